The van der Waals surface area contributed by atoms with Crippen molar-refractivity contribution in [1.82, 2.24) is 0 Å². The molecule has 0 saturated carbocycles. The van der Waals surface area contributed by atoms with Gasteiger partial charge in [-0.15, -0.1) is 5.92 Å². The molecule has 1 nitrogen and oxygen atoms in total. The van der Waals surface area contributed by atoms with Crippen molar-refractivity contribution in [3.8, 4) is 11.8 Å². The third kappa shape index (κ3) is 3.11. The largest absolute Gasteiger partial charge is 0.324 e. The fraction of sp³-hybridized carbons (Fsp3) is 0.636. The lowest BCUT2D eigenvalue weighted by Gasteiger charge is -2.02. The average molecular weight is 163 g/mol. The lowest BCUT2D eigenvalue weighted by Crippen LogP contribution is -2.15. The summed E-state index contributed by atoms with van der Waals surface area (Å²) >= 11 is 0. The fourth-order valence-corrected chi connectivity index (χ4v) is 1.55. The van der Waals surface area contributed by atoms with Gasteiger partial charge >= 0.3 is 0 Å². The van der Waals surface area contributed by atoms with Crippen LogP contribution < -0.4 is 5.73 Å². The van der Waals surface area contributed by atoms with Gasteiger partial charge in [0, 0.05) is 12.5 Å². The smallest absolute Gasteiger partial charge is 0.0299 e. The molecule has 0 aromatic rings. The second kappa shape index (κ2) is 5.00. The first-order valence-electron chi connectivity index (χ1n) is 4.67. The first-order valence-corrected chi connectivity index (χ1v) is 4.67. The molecule has 0 spiro atoms. The van der Waals surface area contributed by atoms with Gasteiger partial charge in [-0.25, -0.2) is 0 Å². The predicted octanol–water partition coefficient (Wildman–Crippen LogP) is 2.23. The van der Waals surface area contributed by atoms with E-state index in [1.54, 1.807) is 0 Å². The van der Waals surface area contributed by atoms with E-state index in [1.165, 1.54) is 24.8 Å². The van der Waals surface area contributed by atoms with Gasteiger partial charge in [0.15, 0.2) is 0 Å². The maximum absolute atomic E-state index is 5.87. The normalized spacial score (nSPS) is 23.5. The Morgan fingerprint density at radius 1 is 1.58 bits per heavy atom. The molecule has 0 amide bonds. The van der Waals surface area contributed by atoms with E-state index in [1.807, 2.05) is 6.92 Å². The number of allylic oxidation sites excluding steroid dienone is 1. The summed E-state index contributed by atoms with van der Waals surface area (Å²) in [5.74, 6) is 6.01. The molecular formula is C11H17N. The zero-order chi connectivity index (χ0) is 8.81. The molecule has 0 aliphatic heterocycles. The van der Waals surface area contributed by atoms with Crippen LogP contribution in [0.1, 0.15) is 39.0 Å². The maximum Gasteiger partial charge on any atom is 0.0299 e. The van der Waals surface area contributed by atoms with Crippen LogP contribution >= 0.6 is 0 Å². The predicted molar refractivity (Wildman–Crippen MR) is 52.6 cm³/mol. The molecule has 0 saturated heterocycles. The van der Waals surface area contributed by atoms with Gasteiger partial charge in [-0.2, -0.15) is 0 Å². The Morgan fingerprint density at radius 2 is 2.42 bits per heavy atom. The molecule has 1 aliphatic carbocycles. The van der Waals surface area contributed by atoms with E-state index in [-0.39, 0.29) is 6.04 Å². The lowest BCUT2D eigenvalue weighted by molar-refractivity contribution is 0.655. The monoisotopic (exact) mass is 163 g/mol. The summed E-state index contributed by atoms with van der Waals surface area (Å²) in [6.45, 7) is 1.89. The van der Waals surface area contributed by atoms with Gasteiger partial charge in [0.2, 0.25) is 0 Å². The molecule has 1 heteroatoms. The molecule has 0 radical (unpaired) electrons. The minimum Gasteiger partial charge on any atom is -0.324 e. The fourth-order valence-electron chi connectivity index (χ4n) is 1.55. The number of hydrogen-bond donors (Lipinski definition) is 1. The van der Waals surface area contributed by atoms with Crippen molar-refractivity contribution in [3.05, 3.63) is 11.6 Å². The Labute approximate surface area is 75.0 Å². The molecule has 0 aromatic carbocycles. The van der Waals surface area contributed by atoms with Crippen molar-refractivity contribution in [2.24, 2.45) is 5.73 Å². The minimum absolute atomic E-state index is 0.279. The highest BCUT2D eigenvalue weighted by Crippen LogP contribution is 2.18. The Hall–Kier alpha value is -0.740. The zero-order valence-corrected chi connectivity index (χ0v) is 7.77. The number of hydrogen-bond acceptors (Lipinski definition) is 1. The molecule has 1 aliphatic rings. The second-order valence-electron chi connectivity index (χ2n) is 3.34. The van der Waals surface area contributed by atoms with Crippen LogP contribution in [0.3, 0.4) is 0 Å². The van der Waals surface area contributed by atoms with Crippen molar-refractivity contribution >= 4 is 0 Å². The quantitative estimate of drug-likeness (QED) is 0.465. The van der Waals surface area contributed by atoms with Gasteiger partial charge < -0.3 is 5.73 Å². The van der Waals surface area contributed by atoms with Crippen molar-refractivity contribution in [2.75, 3.05) is 0 Å². The van der Waals surface area contributed by atoms with E-state index in [9.17, 15) is 0 Å². The molecule has 2 N–H and O–H groups in total. The van der Waals surface area contributed by atoms with Gasteiger partial charge in [-0.3, -0.25) is 0 Å². The van der Waals surface area contributed by atoms with Gasteiger partial charge in [0.1, 0.15) is 0 Å². The zero-order valence-electron chi connectivity index (χ0n) is 7.77. The SMILES string of the molecule is CC#CCC1=CC(N)CCCC1. The summed E-state index contributed by atoms with van der Waals surface area (Å²) in [5, 5.41) is 0. The number of rotatable bonds is 1. The highest BCUT2D eigenvalue weighted by atomic mass is 14.6. The highest BCUT2D eigenvalue weighted by molar-refractivity contribution is 5.16. The summed E-state index contributed by atoms with van der Waals surface area (Å²) in [7, 11) is 0. The molecule has 66 valence electrons. The van der Waals surface area contributed by atoms with E-state index in [0.29, 0.717) is 0 Å². The van der Waals surface area contributed by atoms with E-state index in [4.69, 9.17) is 5.73 Å². The molecule has 0 aromatic heterocycles. The summed E-state index contributed by atoms with van der Waals surface area (Å²) in [5.41, 5.74) is 7.31. The topological polar surface area (TPSA) is 26.0 Å². The molecule has 12 heavy (non-hydrogen) atoms. The second-order valence-corrected chi connectivity index (χ2v) is 3.34. The Kier molecular flexibility index (Phi) is 3.90. The summed E-state index contributed by atoms with van der Waals surface area (Å²) in [6.07, 6.45) is 8.01. The molecular weight excluding hydrogens is 146 g/mol. The van der Waals surface area contributed by atoms with Crippen LogP contribution in [-0.4, -0.2) is 6.04 Å². The molecule has 1 unspecified atom stereocenters. The lowest BCUT2D eigenvalue weighted by atomic mass is 10.1. The van der Waals surface area contributed by atoms with E-state index in [0.717, 1.165) is 12.8 Å². The Morgan fingerprint density at radius 3 is 3.17 bits per heavy atom. The van der Waals surface area contributed by atoms with Gasteiger partial charge in [0.25, 0.3) is 0 Å². The molecule has 1 rings (SSSR count). The molecule has 0 bridgehead atoms. The van der Waals surface area contributed by atoms with Crippen LogP contribution in [0.25, 0.3) is 0 Å². The summed E-state index contributed by atoms with van der Waals surface area (Å²) in [4.78, 5) is 0. The first kappa shape index (κ1) is 9.35. The van der Waals surface area contributed by atoms with Crippen molar-refractivity contribution in [3.63, 3.8) is 0 Å². The minimum atomic E-state index is 0.279. The van der Waals surface area contributed by atoms with Crippen LogP contribution in [0.2, 0.25) is 0 Å². The van der Waals surface area contributed by atoms with Crippen molar-refractivity contribution in [1.29, 1.82) is 0 Å². The summed E-state index contributed by atoms with van der Waals surface area (Å²) < 4.78 is 0. The standard InChI is InChI=1S/C11H17N/c1-2-3-6-10-7-4-5-8-11(12)9-10/h9,11H,4-8,12H2,1H3. The molecule has 1 atom stereocenters. The first-order chi connectivity index (χ1) is 5.83. The van der Waals surface area contributed by atoms with E-state index >= 15 is 0 Å². The highest BCUT2D eigenvalue weighted by Gasteiger charge is 2.06. The van der Waals surface area contributed by atoms with Gasteiger partial charge in [-0.05, 0) is 26.2 Å². The molecule has 0 fully saturated rings. The van der Waals surface area contributed by atoms with Crippen molar-refractivity contribution < 1.29 is 0 Å². The van der Waals surface area contributed by atoms with E-state index in [2.05, 4.69) is 17.9 Å². The van der Waals surface area contributed by atoms with E-state index < -0.39 is 0 Å². The third-order valence-electron chi connectivity index (χ3n) is 2.23. The van der Waals surface area contributed by atoms with Crippen molar-refractivity contribution in [2.45, 2.75) is 45.1 Å². The Bertz CT molecular complexity index is 217. The average Bonchev–Trinajstić information content (AvgIpc) is 2.26. The third-order valence-corrected chi connectivity index (χ3v) is 2.23. The van der Waals surface area contributed by atoms with Crippen LogP contribution in [0, 0.1) is 11.8 Å². The van der Waals surface area contributed by atoms with Crippen LogP contribution in [0.4, 0.5) is 0 Å². The summed E-state index contributed by atoms with van der Waals surface area (Å²) in [6, 6.07) is 0.279. The number of nitrogens with two attached hydrogens (primary N) is 1. The molecule has 0 heterocycles. The van der Waals surface area contributed by atoms with Crippen LogP contribution in [0.5, 0.6) is 0 Å². The Balaban J connectivity index is 2.51. The van der Waals surface area contributed by atoms with Gasteiger partial charge in [-0.1, -0.05) is 24.0 Å². The van der Waals surface area contributed by atoms with Crippen LogP contribution in [-0.2, 0) is 0 Å². The maximum atomic E-state index is 5.87. The van der Waals surface area contributed by atoms with Crippen LogP contribution in [0.15, 0.2) is 11.6 Å². The van der Waals surface area contributed by atoms with Gasteiger partial charge in [0.05, 0.1) is 0 Å².